The van der Waals surface area contributed by atoms with Crippen LogP contribution in [0.1, 0.15) is 31.7 Å². The van der Waals surface area contributed by atoms with E-state index in [1.54, 1.807) is 12.4 Å². The summed E-state index contributed by atoms with van der Waals surface area (Å²) in [7, 11) is 0. The van der Waals surface area contributed by atoms with Gasteiger partial charge >= 0.3 is 0 Å². The molecule has 1 aromatic rings. The van der Waals surface area contributed by atoms with Crippen LogP contribution in [0.2, 0.25) is 0 Å². The van der Waals surface area contributed by atoms with Crippen LogP contribution in [0.3, 0.4) is 0 Å². The van der Waals surface area contributed by atoms with Crippen molar-refractivity contribution < 1.29 is 9.90 Å². The Morgan fingerprint density at radius 3 is 2.78 bits per heavy atom. The van der Waals surface area contributed by atoms with E-state index in [0.717, 1.165) is 24.8 Å². The molecule has 1 atom stereocenters. The van der Waals surface area contributed by atoms with Gasteiger partial charge in [-0.3, -0.25) is 9.78 Å². The molecule has 0 fully saturated rings. The molecular weight excluding hydrogens is 228 g/mol. The Kier molecular flexibility index (Phi) is 7.03. The van der Waals surface area contributed by atoms with E-state index in [2.05, 4.69) is 17.2 Å². The Morgan fingerprint density at radius 1 is 1.44 bits per heavy atom. The average Bonchev–Trinajstić information content (AvgIpc) is 2.42. The molecule has 0 spiro atoms. The quantitative estimate of drug-likeness (QED) is 0.735. The minimum atomic E-state index is 0.0724. The van der Waals surface area contributed by atoms with E-state index in [4.69, 9.17) is 5.11 Å². The molecule has 1 rings (SSSR count). The van der Waals surface area contributed by atoms with Gasteiger partial charge in [-0.1, -0.05) is 13.3 Å². The molecule has 0 aliphatic heterocycles. The van der Waals surface area contributed by atoms with E-state index in [9.17, 15) is 4.79 Å². The molecule has 0 radical (unpaired) electrons. The Labute approximate surface area is 108 Å². The van der Waals surface area contributed by atoms with Gasteiger partial charge in [-0.05, 0) is 36.5 Å². The minimum Gasteiger partial charge on any atom is -0.396 e. The first-order valence-corrected chi connectivity index (χ1v) is 6.52. The van der Waals surface area contributed by atoms with E-state index in [1.807, 2.05) is 12.1 Å². The fraction of sp³-hybridized carbons (Fsp3) is 0.571. The summed E-state index contributed by atoms with van der Waals surface area (Å²) in [6.45, 7) is 2.92. The van der Waals surface area contributed by atoms with Crippen molar-refractivity contribution in [1.82, 2.24) is 10.3 Å². The lowest BCUT2D eigenvalue weighted by molar-refractivity contribution is -0.121. The highest BCUT2D eigenvalue weighted by atomic mass is 16.3. The van der Waals surface area contributed by atoms with Crippen LogP contribution in [-0.4, -0.2) is 29.1 Å². The van der Waals surface area contributed by atoms with Crippen molar-refractivity contribution in [3.05, 3.63) is 30.1 Å². The second-order valence-corrected chi connectivity index (χ2v) is 4.45. The van der Waals surface area contributed by atoms with Crippen LogP contribution in [0.25, 0.3) is 0 Å². The van der Waals surface area contributed by atoms with Gasteiger partial charge in [0.05, 0.1) is 0 Å². The lowest BCUT2D eigenvalue weighted by Gasteiger charge is -2.14. The normalized spacial score (nSPS) is 12.1. The molecule has 1 unspecified atom stereocenters. The molecule has 4 heteroatoms. The summed E-state index contributed by atoms with van der Waals surface area (Å²) in [5, 5.41) is 11.8. The van der Waals surface area contributed by atoms with E-state index in [0.29, 0.717) is 18.9 Å². The van der Waals surface area contributed by atoms with Gasteiger partial charge in [0, 0.05) is 32.0 Å². The first-order chi connectivity index (χ1) is 8.76. The zero-order chi connectivity index (χ0) is 13.2. The lowest BCUT2D eigenvalue weighted by Crippen LogP contribution is -2.29. The zero-order valence-electron chi connectivity index (χ0n) is 10.9. The largest absolute Gasteiger partial charge is 0.396 e. The number of nitrogens with one attached hydrogen (secondary N) is 1. The highest BCUT2D eigenvalue weighted by Gasteiger charge is 2.08. The van der Waals surface area contributed by atoms with E-state index >= 15 is 0 Å². The van der Waals surface area contributed by atoms with Crippen molar-refractivity contribution in [2.45, 2.75) is 32.6 Å². The molecule has 1 aromatic heterocycles. The molecular formula is C14H22N2O2. The van der Waals surface area contributed by atoms with Crippen molar-refractivity contribution in [3.8, 4) is 0 Å². The molecule has 0 saturated heterocycles. The first kappa shape index (κ1) is 14.6. The maximum absolute atomic E-state index is 11.7. The molecule has 0 aromatic carbocycles. The minimum absolute atomic E-state index is 0.0724. The fourth-order valence-electron chi connectivity index (χ4n) is 1.79. The molecule has 0 aliphatic rings. The number of pyridine rings is 1. The maximum atomic E-state index is 11.7. The van der Waals surface area contributed by atoms with Gasteiger partial charge in [0.1, 0.15) is 0 Å². The number of carbonyl (C=O) groups excluding carboxylic acids is 1. The number of aliphatic hydroxyl groups is 1. The summed E-state index contributed by atoms with van der Waals surface area (Å²) in [4.78, 5) is 15.6. The Bertz CT molecular complexity index is 341. The highest BCUT2D eigenvalue weighted by molar-refractivity contribution is 5.76. The van der Waals surface area contributed by atoms with E-state index in [-0.39, 0.29) is 12.5 Å². The van der Waals surface area contributed by atoms with Crippen LogP contribution in [0.15, 0.2) is 24.5 Å². The van der Waals surface area contributed by atoms with Crippen LogP contribution in [0, 0.1) is 5.92 Å². The second-order valence-electron chi connectivity index (χ2n) is 4.45. The van der Waals surface area contributed by atoms with Gasteiger partial charge in [-0.15, -0.1) is 0 Å². The second kappa shape index (κ2) is 8.64. The van der Waals surface area contributed by atoms with Crippen LogP contribution < -0.4 is 5.32 Å². The fourth-order valence-corrected chi connectivity index (χ4v) is 1.79. The SMILES string of the molecule is CCC(CCO)CNC(=O)CCc1ccncc1. The smallest absolute Gasteiger partial charge is 0.220 e. The molecule has 100 valence electrons. The van der Waals surface area contributed by atoms with Gasteiger partial charge in [0.2, 0.25) is 5.91 Å². The van der Waals surface area contributed by atoms with Crippen LogP contribution in [-0.2, 0) is 11.2 Å². The van der Waals surface area contributed by atoms with Gasteiger partial charge in [-0.25, -0.2) is 0 Å². The van der Waals surface area contributed by atoms with Crippen LogP contribution in [0.5, 0.6) is 0 Å². The molecule has 4 nitrogen and oxygen atoms in total. The molecule has 1 amide bonds. The third kappa shape index (κ3) is 5.77. The number of carbonyl (C=O) groups is 1. The summed E-state index contributed by atoms with van der Waals surface area (Å²) in [6.07, 6.45) is 6.44. The Balaban J connectivity index is 2.21. The summed E-state index contributed by atoms with van der Waals surface area (Å²) in [6, 6.07) is 3.85. The predicted octanol–water partition coefficient (Wildman–Crippen LogP) is 1.54. The number of aliphatic hydroxyl groups excluding tert-OH is 1. The molecule has 2 N–H and O–H groups in total. The summed E-state index contributed by atoms with van der Waals surface area (Å²) in [5.41, 5.74) is 1.13. The average molecular weight is 250 g/mol. The van der Waals surface area contributed by atoms with Gasteiger partial charge in [0.15, 0.2) is 0 Å². The number of nitrogens with zero attached hydrogens (tertiary/aromatic N) is 1. The number of rotatable bonds is 8. The third-order valence-corrected chi connectivity index (χ3v) is 3.09. The third-order valence-electron chi connectivity index (χ3n) is 3.09. The van der Waals surface area contributed by atoms with Crippen molar-refractivity contribution in [3.63, 3.8) is 0 Å². The highest BCUT2D eigenvalue weighted by Crippen LogP contribution is 2.06. The predicted molar refractivity (Wildman–Crippen MR) is 71.1 cm³/mol. The van der Waals surface area contributed by atoms with Crippen molar-refractivity contribution in [1.29, 1.82) is 0 Å². The van der Waals surface area contributed by atoms with Crippen LogP contribution >= 0.6 is 0 Å². The van der Waals surface area contributed by atoms with E-state index < -0.39 is 0 Å². The maximum Gasteiger partial charge on any atom is 0.220 e. The van der Waals surface area contributed by atoms with Crippen molar-refractivity contribution >= 4 is 5.91 Å². The number of hydrogen-bond donors (Lipinski definition) is 2. The number of hydrogen-bond acceptors (Lipinski definition) is 3. The van der Waals surface area contributed by atoms with Crippen molar-refractivity contribution in [2.24, 2.45) is 5.92 Å². The molecule has 18 heavy (non-hydrogen) atoms. The Morgan fingerprint density at radius 2 is 2.17 bits per heavy atom. The van der Waals surface area contributed by atoms with Gasteiger partial charge in [0.25, 0.3) is 0 Å². The number of aromatic nitrogens is 1. The van der Waals surface area contributed by atoms with Crippen molar-refractivity contribution in [2.75, 3.05) is 13.2 Å². The van der Waals surface area contributed by atoms with Crippen LogP contribution in [0.4, 0.5) is 0 Å². The van der Waals surface area contributed by atoms with Gasteiger partial charge in [-0.2, -0.15) is 0 Å². The Hall–Kier alpha value is -1.42. The summed E-state index contributed by atoms with van der Waals surface area (Å²) < 4.78 is 0. The first-order valence-electron chi connectivity index (χ1n) is 6.52. The van der Waals surface area contributed by atoms with E-state index in [1.165, 1.54) is 0 Å². The molecule has 0 aliphatic carbocycles. The summed E-state index contributed by atoms with van der Waals surface area (Å²) in [5.74, 6) is 0.447. The zero-order valence-corrected chi connectivity index (χ0v) is 10.9. The lowest BCUT2D eigenvalue weighted by atomic mass is 10.0. The summed E-state index contributed by atoms with van der Waals surface area (Å²) >= 11 is 0. The standard InChI is InChI=1S/C14H22N2O2/c1-2-12(7-10-17)11-16-14(18)4-3-13-5-8-15-9-6-13/h5-6,8-9,12,17H,2-4,7,10-11H2,1H3,(H,16,18). The number of amides is 1. The molecule has 0 saturated carbocycles. The topological polar surface area (TPSA) is 62.2 Å². The molecule has 0 bridgehead atoms. The number of aryl methyl sites for hydroxylation is 1. The molecule has 1 heterocycles. The monoisotopic (exact) mass is 250 g/mol. The van der Waals surface area contributed by atoms with Gasteiger partial charge < -0.3 is 10.4 Å².